The molecule has 0 radical (unpaired) electrons. The predicted octanol–water partition coefficient (Wildman–Crippen LogP) is -0.0970. The van der Waals surface area contributed by atoms with Crippen LogP contribution in [0.1, 0.15) is 12.8 Å². The first-order chi connectivity index (χ1) is 15.6. The number of nitrogens with zero attached hydrogens (tertiary/aromatic N) is 4. The summed E-state index contributed by atoms with van der Waals surface area (Å²) < 4.78 is 52.3. The van der Waals surface area contributed by atoms with Gasteiger partial charge in [0.05, 0.1) is 26.7 Å². The van der Waals surface area contributed by atoms with Gasteiger partial charge in [0.25, 0.3) is 0 Å². The number of aromatic nitrogens is 6. The summed E-state index contributed by atoms with van der Waals surface area (Å²) in [7, 11) is -8.63. The van der Waals surface area contributed by atoms with Gasteiger partial charge in [-0.1, -0.05) is 18.2 Å². The van der Waals surface area contributed by atoms with E-state index in [0.29, 0.717) is 22.2 Å². The van der Waals surface area contributed by atoms with Crippen LogP contribution in [0, 0.1) is 0 Å². The number of sulfonamides is 1. The molecule has 1 saturated carbocycles. The Morgan fingerprint density at radius 1 is 1.03 bits per heavy atom. The summed E-state index contributed by atoms with van der Waals surface area (Å²) in [6.45, 7) is 0. The molecule has 0 unspecified atom stereocenters. The van der Waals surface area contributed by atoms with Crippen molar-refractivity contribution in [3.63, 3.8) is 0 Å². The fraction of sp³-hybridized carbons (Fsp3) is 0.222. The number of rotatable bonds is 5. The standard InChI is InChI=1S/C18H19N9O4S2/c19-8-6-9(7-8)32(28,29)13-5-4-10(11-2-1-3-12-15(11)23-18(20)22-12)14(16(13)33(21,30)31)17-24-26-27-25-17/h1-5,8-9H,6-7,19H2,(H3,20,22,23)(H2,21,30,31)(H,24,25,26,27)/t8-,9+. The SMILES string of the molecule is Nc1nc2cccc(-c3ccc(S(=O)(=O)[C@H]4C[C@@H](N)C4)c(S(N)(=O)=O)c3-c3nn[nH]n3)c2[nH]1. The minimum atomic E-state index is -4.57. The number of imidazole rings is 1. The average Bonchev–Trinajstić information content (AvgIpc) is 3.38. The van der Waals surface area contributed by atoms with Gasteiger partial charge in [-0.3, -0.25) is 0 Å². The first-order valence-corrected chi connectivity index (χ1v) is 12.8. The van der Waals surface area contributed by atoms with Gasteiger partial charge in [-0.25, -0.2) is 27.0 Å². The van der Waals surface area contributed by atoms with E-state index in [1.807, 2.05) is 0 Å². The Balaban J connectivity index is 1.88. The topological polar surface area (TPSA) is 229 Å². The van der Waals surface area contributed by atoms with Gasteiger partial charge >= 0.3 is 0 Å². The highest BCUT2D eigenvalue weighted by molar-refractivity contribution is 7.94. The molecule has 1 aliphatic carbocycles. The third-order valence-corrected chi connectivity index (χ3v) is 9.02. The molecule has 172 valence electrons. The van der Waals surface area contributed by atoms with E-state index < -0.39 is 34.9 Å². The number of nitrogens with one attached hydrogen (secondary N) is 2. The molecule has 8 N–H and O–H groups in total. The number of hydrogen-bond donors (Lipinski definition) is 5. The van der Waals surface area contributed by atoms with Gasteiger partial charge in [0.2, 0.25) is 15.8 Å². The molecule has 5 rings (SSSR count). The van der Waals surface area contributed by atoms with Crippen molar-refractivity contribution < 1.29 is 16.8 Å². The molecule has 2 aromatic heterocycles. The number of para-hydroxylation sites is 1. The molecule has 0 aliphatic heterocycles. The van der Waals surface area contributed by atoms with E-state index >= 15 is 0 Å². The minimum Gasteiger partial charge on any atom is -0.369 e. The monoisotopic (exact) mass is 489 g/mol. The third kappa shape index (κ3) is 3.45. The summed E-state index contributed by atoms with van der Waals surface area (Å²) in [5, 5.41) is 18.4. The Kier molecular flexibility index (Phi) is 4.75. The average molecular weight is 490 g/mol. The van der Waals surface area contributed by atoms with Crippen LogP contribution in [-0.4, -0.2) is 58.7 Å². The van der Waals surface area contributed by atoms with Crippen LogP contribution in [0.2, 0.25) is 0 Å². The highest BCUT2D eigenvalue weighted by Crippen LogP contribution is 2.43. The lowest BCUT2D eigenvalue weighted by Crippen LogP contribution is -2.45. The molecule has 0 saturated heterocycles. The Labute approximate surface area is 187 Å². The molecule has 2 aromatic carbocycles. The molecule has 4 aromatic rings. The Bertz CT molecular complexity index is 1590. The maximum absolute atomic E-state index is 13.3. The predicted molar refractivity (Wildman–Crippen MR) is 119 cm³/mol. The van der Waals surface area contributed by atoms with E-state index in [0.717, 1.165) is 0 Å². The summed E-state index contributed by atoms with van der Waals surface area (Å²) in [5.74, 6) is 0.0200. The Morgan fingerprint density at radius 2 is 1.79 bits per heavy atom. The lowest BCUT2D eigenvalue weighted by molar-refractivity contribution is 0.408. The van der Waals surface area contributed by atoms with Gasteiger partial charge in [0, 0.05) is 11.6 Å². The number of sulfone groups is 1. The van der Waals surface area contributed by atoms with Gasteiger partial charge in [-0.2, -0.15) is 5.21 Å². The van der Waals surface area contributed by atoms with Gasteiger partial charge in [0.15, 0.2) is 15.8 Å². The Morgan fingerprint density at radius 3 is 2.42 bits per heavy atom. The highest BCUT2D eigenvalue weighted by atomic mass is 32.2. The van der Waals surface area contributed by atoms with E-state index in [1.54, 1.807) is 18.2 Å². The lowest BCUT2D eigenvalue weighted by atomic mass is 9.93. The van der Waals surface area contributed by atoms with Crippen LogP contribution in [-0.2, 0) is 19.9 Å². The Hall–Kier alpha value is -3.40. The normalized spacial score (nSPS) is 19.0. The van der Waals surface area contributed by atoms with Gasteiger partial charge in [0.1, 0.15) is 4.90 Å². The number of H-pyrrole nitrogens is 2. The van der Waals surface area contributed by atoms with Crippen molar-refractivity contribution in [2.24, 2.45) is 10.9 Å². The van der Waals surface area contributed by atoms with Gasteiger partial charge in [-0.15, -0.1) is 10.2 Å². The summed E-state index contributed by atoms with van der Waals surface area (Å²) in [6.07, 6.45) is 0.441. The molecule has 0 atom stereocenters. The van der Waals surface area contributed by atoms with E-state index in [2.05, 4.69) is 30.6 Å². The van der Waals surface area contributed by atoms with Crippen LogP contribution in [0.25, 0.3) is 33.5 Å². The molecule has 1 fully saturated rings. The first kappa shape index (κ1) is 21.4. The van der Waals surface area contributed by atoms with Gasteiger partial charge in [-0.05, 0) is 35.8 Å². The summed E-state index contributed by atoms with van der Waals surface area (Å²) in [5.41, 5.74) is 13.3. The van der Waals surface area contributed by atoms with E-state index in [-0.39, 0.29) is 36.2 Å². The van der Waals surface area contributed by atoms with E-state index in [9.17, 15) is 16.8 Å². The highest BCUT2D eigenvalue weighted by Gasteiger charge is 2.41. The quantitative estimate of drug-likeness (QED) is 0.250. The molecular weight excluding hydrogens is 470 g/mol. The summed E-state index contributed by atoms with van der Waals surface area (Å²) in [6, 6.07) is 7.58. The van der Waals surface area contributed by atoms with Crippen LogP contribution in [0.3, 0.4) is 0 Å². The second-order valence-electron chi connectivity index (χ2n) is 7.82. The van der Waals surface area contributed by atoms with E-state index in [1.165, 1.54) is 12.1 Å². The van der Waals surface area contributed by atoms with E-state index in [4.69, 9.17) is 16.6 Å². The number of aromatic amines is 2. The number of primary sulfonamides is 1. The van der Waals surface area contributed by atoms with Crippen molar-refractivity contribution in [1.29, 1.82) is 0 Å². The van der Waals surface area contributed by atoms with Crippen LogP contribution in [0.5, 0.6) is 0 Å². The van der Waals surface area contributed by atoms with Gasteiger partial charge < -0.3 is 16.5 Å². The maximum atomic E-state index is 13.3. The largest absolute Gasteiger partial charge is 0.369 e. The third-order valence-electron chi connectivity index (χ3n) is 5.68. The molecule has 15 heteroatoms. The molecular formula is C18H19N9O4S2. The fourth-order valence-electron chi connectivity index (χ4n) is 4.10. The zero-order valence-corrected chi connectivity index (χ0v) is 18.6. The van der Waals surface area contributed by atoms with Crippen LogP contribution < -0.4 is 16.6 Å². The van der Waals surface area contributed by atoms with Crippen molar-refractivity contribution in [2.75, 3.05) is 5.73 Å². The van der Waals surface area contributed by atoms with Crippen LogP contribution in [0.4, 0.5) is 5.95 Å². The number of anilines is 1. The zero-order valence-electron chi connectivity index (χ0n) is 16.9. The second kappa shape index (κ2) is 7.31. The lowest BCUT2D eigenvalue weighted by Gasteiger charge is -2.32. The summed E-state index contributed by atoms with van der Waals surface area (Å²) in [4.78, 5) is 6.09. The maximum Gasteiger partial charge on any atom is 0.240 e. The molecule has 0 amide bonds. The van der Waals surface area contributed by atoms with Crippen molar-refractivity contribution in [1.82, 2.24) is 30.6 Å². The van der Waals surface area contributed by atoms with Crippen LogP contribution in [0.15, 0.2) is 40.1 Å². The smallest absolute Gasteiger partial charge is 0.240 e. The number of nitrogen functional groups attached to an aromatic ring is 1. The first-order valence-electron chi connectivity index (χ1n) is 9.75. The molecule has 13 nitrogen and oxygen atoms in total. The van der Waals surface area contributed by atoms with Crippen LogP contribution >= 0.6 is 0 Å². The fourth-order valence-corrected chi connectivity index (χ4v) is 7.61. The van der Waals surface area contributed by atoms with Crippen molar-refractivity contribution >= 4 is 36.8 Å². The zero-order chi connectivity index (χ0) is 23.5. The molecule has 0 spiro atoms. The number of tetrazole rings is 1. The molecule has 1 aliphatic rings. The van der Waals surface area contributed by atoms with Crippen molar-refractivity contribution in [3.8, 4) is 22.5 Å². The molecule has 0 bridgehead atoms. The number of fused-ring (bicyclic) bond motifs is 1. The molecule has 2 heterocycles. The van der Waals surface area contributed by atoms with Crippen molar-refractivity contribution in [2.45, 2.75) is 33.9 Å². The van der Waals surface area contributed by atoms with Crippen molar-refractivity contribution in [3.05, 3.63) is 30.3 Å². The second-order valence-corrected chi connectivity index (χ2v) is 11.5. The number of nitrogens with two attached hydrogens (primary N) is 3. The summed E-state index contributed by atoms with van der Waals surface area (Å²) >= 11 is 0. The number of hydrogen-bond acceptors (Lipinski definition) is 10. The molecule has 33 heavy (non-hydrogen) atoms. The minimum absolute atomic E-state index is 0.100. The number of benzene rings is 2.